The van der Waals surface area contributed by atoms with Crippen molar-refractivity contribution in [2.45, 2.75) is 44.9 Å². The number of anilines is 1. The van der Waals surface area contributed by atoms with E-state index in [1.54, 1.807) is 11.3 Å². The third-order valence-electron chi connectivity index (χ3n) is 5.39. The van der Waals surface area contributed by atoms with E-state index < -0.39 is 0 Å². The Kier molecular flexibility index (Phi) is 4.38. The summed E-state index contributed by atoms with van der Waals surface area (Å²) in [5.41, 5.74) is 2.10. The van der Waals surface area contributed by atoms with E-state index in [1.807, 2.05) is 41.0 Å². The first-order valence-electron chi connectivity index (χ1n) is 9.98. The molecule has 0 bridgehead atoms. The normalized spacial score (nSPS) is 16.0. The van der Waals surface area contributed by atoms with Crippen LogP contribution in [0.4, 0.5) is 5.13 Å². The fraction of sp³-hybridized carbons (Fsp3) is 0.429. The highest BCUT2D eigenvalue weighted by molar-refractivity contribution is 7.20. The summed E-state index contributed by atoms with van der Waals surface area (Å²) >= 11 is 1.65. The van der Waals surface area contributed by atoms with Gasteiger partial charge in [-0.15, -0.1) is 5.10 Å². The van der Waals surface area contributed by atoms with E-state index in [-0.39, 0.29) is 5.41 Å². The number of fused-ring (bicyclic) bond motifs is 1. The van der Waals surface area contributed by atoms with Crippen LogP contribution in [0.15, 0.2) is 41.1 Å². The third-order valence-corrected chi connectivity index (χ3v) is 6.37. The lowest BCUT2D eigenvalue weighted by atomic mass is 9.93. The lowest BCUT2D eigenvalue weighted by Gasteiger charge is -2.29. The summed E-state index contributed by atoms with van der Waals surface area (Å²) in [6.07, 6.45) is 4.00. The minimum atomic E-state index is 0.0363. The molecule has 0 N–H and O–H groups in total. The van der Waals surface area contributed by atoms with Gasteiger partial charge in [0.1, 0.15) is 0 Å². The molecule has 8 heteroatoms. The molecular formula is C21H24N6OS. The molecule has 3 aromatic heterocycles. The SMILES string of the molecule is CC(C)(C)c1cn2nc(N3CCC(c4nc(-c5ccccc5)no4)CC3)sc2n1. The highest BCUT2D eigenvalue weighted by atomic mass is 32.1. The smallest absolute Gasteiger partial charge is 0.230 e. The molecule has 0 spiro atoms. The number of hydrogen-bond donors (Lipinski definition) is 0. The van der Waals surface area contributed by atoms with Crippen molar-refractivity contribution in [1.29, 1.82) is 0 Å². The molecule has 1 aliphatic rings. The molecule has 1 fully saturated rings. The fourth-order valence-corrected chi connectivity index (χ4v) is 4.54. The van der Waals surface area contributed by atoms with Gasteiger partial charge in [0.2, 0.25) is 21.8 Å². The van der Waals surface area contributed by atoms with Gasteiger partial charge in [0.15, 0.2) is 0 Å². The van der Waals surface area contributed by atoms with Gasteiger partial charge in [-0.2, -0.15) is 4.98 Å². The zero-order valence-electron chi connectivity index (χ0n) is 16.9. The Labute approximate surface area is 173 Å². The summed E-state index contributed by atoms with van der Waals surface area (Å²) in [6.45, 7) is 8.37. The van der Waals surface area contributed by atoms with Crippen LogP contribution in [0, 0.1) is 0 Å². The Morgan fingerprint density at radius 1 is 1.07 bits per heavy atom. The van der Waals surface area contributed by atoms with E-state index in [4.69, 9.17) is 14.6 Å². The molecule has 0 saturated carbocycles. The molecule has 0 aliphatic carbocycles. The number of nitrogens with zero attached hydrogens (tertiary/aromatic N) is 6. The maximum Gasteiger partial charge on any atom is 0.230 e. The average molecular weight is 409 g/mol. The topological polar surface area (TPSA) is 72.3 Å². The summed E-state index contributed by atoms with van der Waals surface area (Å²) < 4.78 is 7.49. The molecule has 4 heterocycles. The van der Waals surface area contributed by atoms with Crippen molar-refractivity contribution in [1.82, 2.24) is 24.7 Å². The minimum Gasteiger partial charge on any atom is -0.347 e. The molecule has 4 aromatic rings. The van der Waals surface area contributed by atoms with Gasteiger partial charge in [-0.25, -0.2) is 9.50 Å². The van der Waals surface area contributed by atoms with Crippen LogP contribution < -0.4 is 4.90 Å². The summed E-state index contributed by atoms with van der Waals surface area (Å²) in [7, 11) is 0. The molecule has 0 atom stereocenters. The van der Waals surface area contributed by atoms with Crippen molar-refractivity contribution >= 4 is 21.4 Å². The number of hydrogen-bond acceptors (Lipinski definition) is 7. The first-order chi connectivity index (χ1) is 14.0. The molecule has 1 aromatic carbocycles. The lowest BCUT2D eigenvalue weighted by Crippen LogP contribution is -2.33. The number of imidazole rings is 1. The molecule has 0 amide bonds. The number of aromatic nitrogens is 5. The molecule has 0 unspecified atom stereocenters. The van der Waals surface area contributed by atoms with Gasteiger partial charge >= 0.3 is 0 Å². The molecule has 1 saturated heterocycles. The fourth-order valence-electron chi connectivity index (χ4n) is 3.60. The maximum atomic E-state index is 5.57. The van der Waals surface area contributed by atoms with E-state index in [1.165, 1.54) is 0 Å². The Bertz CT molecular complexity index is 1080. The van der Waals surface area contributed by atoms with Gasteiger partial charge in [0.25, 0.3) is 0 Å². The largest absolute Gasteiger partial charge is 0.347 e. The molecule has 7 nitrogen and oxygen atoms in total. The first-order valence-corrected chi connectivity index (χ1v) is 10.8. The quantitative estimate of drug-likeness (QED) is 0.496. The van der Waals surface area contributed by atoms with Crippen molar-refractivity contribution < 1.29 is 4.52 Å². The molecule has 1 aliphatic heterocycles. The van der Waals surface area contributed by atoms with Gasteiger partial charge in [-0.05, 0) is 12.8 Å². The second-order valence-corrected chi connectivity index (χ2v) is 9.51. The van der Waals surface area contributed by atoms with E-state index >= 15 is 0 Å². The van der Waals surface area contributed by atoms with Gasteiger partial charge in [-0.1, -0.05) is 67.6 Å². The minimum absolute atomic E-state index is 0.0363. The molecule has 5 rings (SSSR count). The summed E-state index contributed by atoms with van der Waals surface area (Å²) in [6, 6.07) is 9.96. The van der Waals surface area contributed by atoms with Crippen LogP contribution in [0.3, 0.4) is 0 Å². The highest BCUT2D eigenvalue weighted by Crippen LogP contribution is 2.33. The molecular weight excluding hydrogens is 384 g/mol. The average Bonchev–Trinajstić information content (AvgIpc) is 3.43. The second-order valence-electron chi connectivity index (χ2n) is 8.57. The Hall–Kier alpha value is -2.74. The van der Waals surface area contributed by atoms with Crippen molar-refractivity contribution in [2.24, 2.45) is 0 Å². The predicted molar refractivity (Wildman–Crippen MR) is 113 cm³/mol. The predicted octanol–water partition coefficient (Wildman–Crippen LogP) is 4.52. The molecule has 29 heavy (non-hydrogen) atoms. The van der Waals surface area contributed by atoms with Crippen LogP contribution in [0.1, 0.15) is 51.1 Å². The number of benzene rings is 1. The van der Waals surface area contributed by atoms with E-state index in [9.17, 15) is 0 Å². The Morgan fingerprint density at radius 3 is 2.52 bits per heavy atom. The maximum absolute atomic E-state index is 5.57. The third kappa shape index (κ3) is 3.53. The van der Waals surface area contributed by atoms with E-state index in [0.29, 0.717) is 11.7 Å². The van der Waals surface area contributed by atoms with Crippen LogP contribution in [-0.2, 0) is 5.41 Å². The Balaban J connectivity index is 1.26. The summed E-state index contributed by atoms with van der Waals surface area (Å²) in [5.74, 6) is 1.71. The Morgan fingerprint density at radius 2 is 1.83 bits per heavy atom. The van der Waals surface area contributed by atoms with Crippen molar-refractivity contribution in [3.63, 3.8) is 0 Å². The highest BCUT2D eigenvalue weighted by Gasteiger charge is 2.28. The zero-order chi connectivity index (χ0) is 20.0. The number of rotatable bonds is 3. The van der Waals surface area contributed by atoms with Crippen LogP contribution in [-0.4, -0.2) is 37.8 Å². The van der Waals surface area contributed by atoms with Crippen LogP contribution in [0.5, 0.6) is 0 Å². The summed E-state index contributed by atoms with van der Waals surface area (Å²) in [5, 5.41) is 9.96. The summed E-state index contributed by atoms with van der Waals surface area (Å²) in [4.78, 5) is 12.7. The van der Waals surface area contributed by atoms with Crippen LogP contribution in [0.25, 0.3) is 16.3 Å². The monoisotopic (exact) mass is 408 g/mol. The van der Waals surface area contributed by atoms with Crippen LogP contribution >= 0.6 is 11.3 Å². The zero-order valence-corrected chi connectivity index (χ0v) is 17.7. The number of piperidine rings is 1. The lowest BCUT2D eigenvalue weighted by molar-refractivity contribution is 0.329. The van der Waals surface area contributed by atoms with Gasteiger partial charge in [0, 0.05) is 30.0 Å². The standard InChI is InChI=1S/C21H24N6OS/c1-21(2,3)16-13-27-19(22-16)29-20(24-27)26-11-9-15(10-12-26)18-23-17(25-28-18)14-7-5-4-6-8-14/h4-8,13,15H,9-12H2,1-3H3. The molecule has 0 radical (unpaired) electrons. The van der Waals surface area contributed by atoms with Crippen molar-refractivity contribution in [3.05, 3.63) is 48.1 Å². The van der Waals surface area contributed by atoms with Crippen molar-refractivity contribution in [3.8, 4) is 11.4 Å². The first kappa shape index (κ1) is 18.3. The van der Waals surface area contributed by atoms with Crippen LogP contribution in [0.2, 0.25) is 0 Å². The van der Waals surface area contributed by atoms with Crippen molar-refractivity contribution in [2.75, 3.05) is 18.0 Å². The second kappa shape index (κ2) is 6.95. The van der Waals surface area contributed by atoms with Gasteiger partial charge in [-0.3, -0.25) is 0 Å². The molecule has 150 valence electrons. The van der Waals surface area contributed by atoms with Gasteiger partial charge < -0.3 is 9.42 Å². The van der Waals surface area contributed by atoms with E-state index in [2.05, 4.69) is 35.8 Å². The van der Waals surface area contributed by atoms with Gasteiger partial charge in [0.05, 0.1) is 11.9 Å². The van der Waals surface area contributed by atoms with E-state index in [0.717, 1.165) is 53.2 Å².